The molecule has 2 aromatic heterocycles. The molecule has 2 aromatic rings. The second kappa shape index (κ2) is 4.13. The van der Waals surface area contributed by atoms with Gasteiger partial charge in [0.05, 0.1) is 5.54 Å². The molecule has 0 aromatic carbocycles. The maximum Gasteiger partial charge on any atom is 0.278 e. The Kier molecular flexibility index (Phi) is 2.80. The molecule has 2 rings (SSSR count). The van der Waals surface area contributed by atoms with E-state index in [2.05, 4.69) is 25.2 Å². The van der Waals surface area contributed by atoms with Crippen LogP contribution in [0.15, 0.2) is 16.2 Å². The van der Waals surface area contributed by atoms with Crippen molar-refractivity contribution in [3.05, 3.63) is 22.3 Å². The summed E-state index contributed by atoms with van der Waals surface area (Å²) in [5.41, 5.74) is 4.82. The van der Waals surface area contributed by atoms with Crippen LogP contribution in [0.4, 0.5) is 5.82 Å². The summed E-state index contributed by atoms with van der Waals surface area (Å²) in [5.74, 6) is -0.471. The molecule has 0 radical (unpaired) electrons. The summed E-state index contributed by atoms with van der Waals surface area (Å²) in [7, 11) is 0. The highest BCUT2D eigenvalue weighted by Crippen LogP contribution is 2.22. The number of nitrogen functional groups attached to an aromatic ring is 1. The average Bonchev–Trinajstić information content (AvgIpc) is 2.85. The van der Waals surface area contributed by atoms with Gasteiger partial charge in [0.25, 0.3) is 5.91 Å². The third-order valence-corrected chi connectivity index (χ3v) is 3.22. The van der Waals surface area contributed by atoms with E-state index < -0.39 is 11.4 Å². The van der Waals surface area contributed by atoms with Crippen molar-refractivity contribution in [2.75, 3.05) is 5.73 Å². The second-order valence-electron chi connectivity index (χ2n) is 3.91. The van der Waals surface area contributed by atoms with Gasteiger partial charge in [-0.2, -0.15) is 0 Å². The molecular weight excluding hydrogens is 242 g/mol. The Morgan fingerprint density at radius 2 is 2.29 bits per heavy atom. The molecule has 0 bridgehead atoms. The predicted octanol–water partition coefficient (Wildman–Crippen LogP) is 0.773. The van der Waals surface area contributed by atoms with E-state index in [1.807, 2.05) is 19.2 Å². The van der Waals surface area contributed by atoms with Crippen LogP contribution in [0.3, 0.4) is 0 Å². The van der Waals surface area contributed by atoms with Crippen molar-refractivity contribution in [1.82, 2.24) is 20.6 Å². The average molecular weight is 253 g/mol. The Bertz CT molecular complexity index is 519. The maximum atomic E-state index is 11.9. The molecule has 0 saturated carbocycles. The summed E-state index contributed by atoms with van der Waals surface area (Å²) in [4.78, 5) is 16.0. The number of rotatable bonds is 3. The van der Waals surface area contributed by atoms with Gasteiger partial charge >= 0.3 is 0 Å². The summed E-state index contributed by atoms with van der Waals surface area (Å²) >= 11 is 1.46. The number of nitrogens with two attached hydrogens (primary N) is 1. The van der Waals surface area contributed by atoms with Gasteiger partial charge in [-0.15, -0.1) is 11.3 Å². The van der Waals surface area contributed by atoms with Crippen LogP contribution in [-0.4, -0.2) is 21.2 Å². The van der Waals surface area contributed by atoms with E-state index in [0.29, 0.717) is 0 Å². The van der Waals surface area contributed by atoms with E-state index in [9.17, 15) is 4.79 Å². The minimum absolute atomic E-state index is 0.0189. The number of nitrogens with one attached hydrogen (secondary N) is 1. The fourth-order valence-electron chi connectivity index (χ4n) is 1.28. The Labute approximate surface area is 101 Å². The van der Waals surface area contributed by atoms with E-state index in [1.165, 1.54) is 11.3 Å². The molecule has 0 atom stereocenters. The smallest absolute Gasteiger partial charge is 0.278 e. The zero-order chi connectivity index (χ0) is 12.5. The molecule has 1 amide bonds. The van der Waals surface area contributed by atoms with Crippen molar-refractivity contribution in [3.8, 4) is 0 Å². The number of carbonyl (C=O) groups is 1. The SMILES string of the molecule is CC(C)(NC(=O)c1nonc1N)c1nccs1. The highest BCUT2D eigenvalue weighted by Gasteiger charge is 2.28. The molecule has 0 fully saturated rings. The van der Waals surface area contributed by atoms with Gasteiger partial charge in [0.15, 0.2) is 0 Å². The van der Waals surface area contributed by atoms with Crippen LogP contribution in [0, 0.1) is 0 Å². The molecule has 17 heavy (non-hydrogen) atoms. The van der Waals surface area contributed by atoms with E-state index >= 15 is 0 Å². The highest BCUT2D eigenvalue weighted by molar-refractivity contribution is 7.09. The van der Waals surface area contributed by atoms with Gasteiger partial charge in [-0.05, 0) is 24.2 Å². The van der Waals surface area contributed by atoms with Crippen molar-refractivity contribution in [2.45, 2.75) is 19.4 Å². The number of hydrogen-bond acceptors (Lipinski definition) is 7. The van der Waals surface area contributed by atoms with Crippen molar-refractivity contribution >= 4 is 23.1 Å². The number of thiazole rings is 1. The second-order valence-corrected chi connectivity index (χ2v) is 4.81. The topological polar surface area (TPSA) is 107 Å². The number of carbonyl (C=O) groups excluding carboxylic acids is 1. The molecule has 8 heteroatoms. The first-order valence-electron chi connectivity index (χ1n) is 4.81. The van der Waals surface area contributed by atoms with Crippen molar-refractivity contribution in [2.24, 2.45) is 0 Å². The van der Waals surface area contributed by atoms with Crippen LogP contribution >= 0.6 is 11.3 Å². The molecule has 2 heterocycles. The van der Waals surface area contributed by atoms with E-state index in [-0.39, 0.29) is 11.5 Å². The molecule has 0 unspecified atom stereocenters. The van der Waals surface area contributed by atoms with E-state index in [4.69, 9.17) is 5.73 Å². The zero-order valence-electron chi connectivity index (χ0n) is 9.30. The van der Waals surface area contributed by atoms with Gasteiger partial charge in [-0.1, -0.05) is 0 Å². The Balaban J connectivity index is 2.17. The Hall–Kier alpha value is -1.96. The third kappa shape index (κ3) is 2.26. The standard InChI is InChI=1S/C9H11N5O2S/c1-9(2,8-11-3-4-17-8)12-7(15)5-6(10)14-16-13-5/h3-4H,1-2H3,(H2,10,14)(H,12,15). The van der Waals surface area contributed by atoms with Crippen molar-refractivity contribution in [3.63, 3.8) is 0 Å². The maximum absolute atomic E-state index is 11.9. The quantitative estimate of drug-likeness (QED) is 0.836. The molecule has 0 aliphatic carbocycles. The molecule has 0 spiro atoms. The largest absolute Gasteiger partial charge is 0.379 e. The molecule has 0 saturated heterocycles. The third-order valence-electron chi connectivity index (χ3n) is 2.12. The van der Waals surface area contributed by atoms with E-state index in [0.717, 1.165) is 5.01 Å². The molecular formula is C9H11N5O2S. The summed E-state index contributed by atoms with van der Waals surface area (Å²) in [6, 6.07) is 0. The molecule has 0 aliphatic rings. The first-order valence-corrected chi connectivity index (χ1v) is 5.69. The number of aromatic nitrogens is 3. The van der Waals surface area contributed by atoms with Crippen molar-refractivity contribution in [1.29, 1.82) is 0 Å². The first-order chi connectivity index (χ1) is 8.00. The van der Waals surface area contributed by atoms with Crippen LogP contribution in [0.1, 0.15) is 29.3 Å². The first kappa shape index (κ1) is 11.5. The predicted molar refractivity (Wildman–Crippen MR) is 61.3 cm³/mol. The lowest BCUT2D eigenvalue weighted by molar-refractivity contribution is 0.0902. The van der Waals surface area contributed by atoms with Crippen molar-refractivity contribution < 1.29 is 9.42 Å². The monoisotopic (exact) mass is 253 g/mol. The minimum atomic E-state index is -0.601. The number of nitrogens with zero attached hydrogens (tertiary/aromatic N) is 3. The number of anilines is 1. The minimum Gasteiger partial charge on any atom is -0.379 e. The summed E-state index contributed by atoms with van der Waals surface area (Å²) in [6.45, 7) is 3.68. The van der Waals surface area contributed by atoms with Crippen LogP contribution < -0.4 is 11.1 Å². The lowest BCUT2D eigenvalue weighted by Gasteiger charge is -2.22. The molecule has 7 nitrogen and oxygen atoms in total. The van der Waals surface area contributed by atoms with Gasteiger partial charge in [-0.25, -0.2) is 9.61 Å². The van der Waals surface area contributed by atoms with Gasteiger partial charge in [0.1, 0.15) is 5.01 Å². The highest BCUT2D eigenvalue weighted by atomic mass is 32.1. The van der Waals surface area contributed by atoms with Crippen LogP contribution in [0.5, 0.6) is 0 Å². The Morgan fingerprint density at radius 3 is 2.82 bits per heavy atom. The van der Waals surface area contributed by atoms with Crippen LogP contribution in [-0.2, 0) is 5.54 Å². The lowest BCUT2D eigenvalue weighted by atomic mass is 10.1. The molecule has 90 valence electrons. The summed E-state index contributed by atoms with van der Waals surface area (Å²) in [5, 5.41) is 12.2. The number of hydrogen-bond donors (Lipinski definition) is 2. The van der Waals surface area contributed by atoms with Gasteiger partial charge in [0, 0.05) is 11.6 Å². The van der Waals surface area contributed by atoms with Gasteiger partial charge in [-0.3, -0.25) is 4.79 Å². The normalized spacial score (nSPS) is 11.4. The summed E-state index contributed by atoms with van der Waals surface area (Å²) in [6.07, 6.45) is 1.68. The lowest BCUT2D eigenvalue weighted by Crippen LogP contribution is -2.41. The van der Waals surface area contributed by atoms with E-state index in [1.54, 1.807) is 6.20 Å². The Morgan fingerprint density at radius 1 is 1.53 bits per heavy atom. The summed E-state index contributed by atoms with van der Waals surface area (Å²) < 4.78 is 4.37. The number of amides is 1. The van der Waals surface area contributed by atoms with Crippen LogP contribution in [0.25, 0.3) is 0 Å². The molecule has 0 aliphatic heterocycles. The van der Waals surface area contributed by atoms with Crippen LogP contribution in [0.2, 0.25) is 0 Å². The fraction of sp³-hybridized carbons (Fsp3) is 0.333. The fourth-order valence-corrected chi connectivity index (χ4v) is 2.00. The van der Waals surface area contributed by atoms with Gasteiger partial charge in [0.2, 0.25) is 11.5 Å². The zero-order valence-corrected chi connectivity index (χ0v) is 10.1. The van der Waals surface area contributed by atoms with Gasteiger partial charge < -0.3 is 11.1 Å². The molecule has 3 N–H and O–H groups in total.